The topological polar surface area (TPSA) is 46.9 Å². The maximum Gasteiger partial charge on any atom is 0.349 e. The molecular weight excluding hydrogens is 226 g/mol. The van der Waals surface area contributed by atoms with Crippen LogP contribution in [0.2, 0.25) is 0 Å². The quantitative estimate of drug-likeness (QED) is 0.897. The molecule has 0 aliphatic carbocycles. The molecule has 94 valence electrons. The van der Waals surface area contributed by atoms with Gasteiger partial charge in [0.25, 0.3) is 0 Å². The van der Waals surface area contributed by atoms with Crippen molar-refractivity contribution in [3.05, 3.63) is 58.6 Å². The van der Waals surface area contributed by atoms with E-state index < -0.39 is 0 Å². The van der Waals surface area contributed by atoms with E-state index in [0.717, 1.165) is 5.56 Å². The van der Waals surface area contributed by atoms with Crippen molar-refractivity contribution in [1.82, 2.24) is 9.55 Å². The van der Waals surface area contributed by atoms with Crippen LogP contribution in [0.5, 0.6) is 0 Å². The molecule has 0 saturated heterocycles. The van der Waals surface area contributed by atoms with Gasteiger partial charge in [0, 0.05) is 18.8 Å². The zero-order valence-corrected chi connectivity index (χ0v) is 10.6. The molecule has 2 rings (SSSR count). The lowest BCUT2D eigenvalue weighted by Gasteiger charge is -2.10. The number of hydrogen-bond donors (Lipinski definition) is 1. The Bertz CT molecular complexity index is 561. The molecule has 1 aromatic carbocycles. The van der Waals surface area contributed by atoms with Gasteiger partial charge in [-0.3, -0.25) is 4.57 Å². The minimum absolute atomic E-state index is 0.133. The highest BCUT2D eigenvalue weighted by molar-refractivity contribution is 5.33. The van der Waals surface area contributed by atoms with Crippen LogP contribution in [0.25, 0.3) is 0 Å². The smallest absolute Gasteiger partial charge is 0.349 e. The molecule has 0 aliphatic heterocycles. The molecular formula is C14H17N3O. The van der Waals surface area contributed by atoms with E-state index in [1.807, 2.05) is 50.2 Å². The number of benzene rings is 1. The van der Waals surface area contributed by atoms with Gasteiger partial charge in [-0.25, -0.2) is 4.79 Å². The van der Waals surface area contributed by atoms with Crippen LogP contribution in [0.3, 0.4) is 0 Å². The predicted molar refractivity (Wildman–Crippen MR) is 72.7 cm³/mol. The van der Waals surface area contributed by atoms with Crippen molar-refractivity contribution in [2.45, 2.75) is 26.4 Å². The largest absolute Gasteiger partial charge is 0.366 e. The summed E-state index contributed by atoms with van der Waals surface area (Å²) < 4.78 is 1.60. The fourth-order valence-electron chi connectivity index (χ4n) is 1.69. The summed E-state index contributed by atoms with van der Waals surface area (Å²) in [7, 11) is 0. The van der Waals surface area contributed by atoms with Crippen LogP contribution in [-0.2, 0) is 6.54 Å². The lowest BCUT2D eigenvalue weighted by atomic mass is 10.2. The Hall–Kier alpha value is -2.10. The van der Waals surface area contributed by atoms with Crippen LogP contribution >= 0.6 is 0 Å². The summed E-state index contributed by atoms with van der Waals surface area (Å²) in [6.45, 7) is 4.58. The van der Waals surface area contributed by atoms with Crippen LogP contribution in [0.1, 0.15) is 25.5 Å². The Labute approximate surface area is 106 Å². The van der Waals surface area contributed by atoms with Crippen molar-refractivity contribution < 1.29 is 0 Å². The fraction of sp³-hybridized carbons (Fsp3) is 0.286. The first-order valence-electron chi connectivity index (χ1n) is 6.04. The summed E-state index contributed by atoms with van der Waals surface area (Å²) in [6.07, 6.45) is 1.77. The summed E-state index contributed by atoms with van der Waals surface area (Å²) in [6, 6.07) is 12.0. The minimum atomic E-state index is -0.219. The van der Waals surface area contributed by atoms with Gasteiger partial charge < -0.3 is 5.32 Å². The third-order valence-electron chi connectivity index (χ3n) is 2.70. The van der Waals surface area contributed by atoms with E-state index in [9.17, 15) is 4.79 Å². The third-order valence-corrected chi connectivity index (χ3v) is 2.70. The van der Waals surface area contributed by atoms with Gasteiger partial charge in [-0.05, 0) is 25.5 Å². The lowest BCUT2D eigenvalue weighted by molar-refractivity contribution is 0.564. The highest BCUT2D eigenvalue weighted by atomic mass is 16.1. The summed E-state index contributed by atoms with van der Waals surface area (Å²) >= 11 is 0. The Balaban J connectivity index is 2.07. The molecule has 4 heteroatoms. The zero-order valence-electron chi connectivity index (χ0n) is 10.6. The van der Waals surface area contributed by atoms with Crippen molar-refractivity contribution in [1.29, 1.82) is 0 Å². The molecule has 1 N–H and O–H groups in total. The van der Waals surface area contributed by atoms with E-state index >= 15 is 0 Å². The van der Waals surface area contributed by atoms with Crippen LogP contribution < -0.4 is 11.0 Å². The number of aromatic nitrogens is 2. The standard InChI is InChI=1S/C14H17N3O/c1-11(2)17-9-8-13(16-14(17)18)15-10-12-6-4-3-5-7-12/h3-9,11H,10H2,1-2H3,(H,15,16,18). The molecule has 18 heavy (non-hydrogen) atoms. The Morgan fingerprint density at radius 1 is 1.22 bits per heavy atom. The second kappa shape index (κ2) is 5.49. The molecule has 0 fully saturated rings. The van der Waals surface area contributed by atoms with Crippen LogP contribution in [0.15, 0.2) is 47.4 Å². The van der Waals surface area contributed by atoms with Gasteiger partial charge in [-0.1, -0.05) is 30.3 Å². The van der Waals surface area contributed by atoms with Crippen LogP contribution in [-0.4, -0.2) is 9.55 Å². The number of nitrogens with one attached hydrogen (secondary N) is 1. The summed E-state index contributed by atoms with van der Waals surface area (Å²) in [5.41, 5.74) is 0.940. The van der Waals surface area contributed by atoms with E-state index in [1.54, 1.807) is 10.8 Å². The molecule has 0 aliphatic rings. The van der Waals surface area contributed by atoms with Gasteiger partial charge in [0.15, 0.2) is 0 Å². The number of rotatable bonds is 4. The first-order chi connectivity index (χ1) is 8.66. The van der Waals surface area contributed by atoms with Crippen molar-refractivity contribution in [2.24, 2.45) is 0 Å². The molecule has 1 aromatic heterocycles. The molecule has 0 spiro atoms. The molecule has 1 heterocycles. The molecule has 0 atom stereocenters. The summed E-state index contributed by atoms with van der Waals surface area (Å²) in [4.78, 5) is 15.7. The van der Waals surface area contributed by atoms with E-state index in [4.69, 9.17) is 0 Å². The maximum atomic E-state index is 11.7. The highest BCUT2D eigenvalue weighted by Gasteiger charge is 2.02. The van der Waals surface area contributed by atoms with E-state index in [0.29, 0.717) is 12.4 Å². The highest BCUT2D eigenvalue weighted by Crippen LogP contribution is 2.05. The Morgan fingerprint density at radius 2 is 1.94 bits per heavy atom. The number of nitrogens with zero attached hydrogens (tertiary/aromatic N) is 2. The predicted octanol–water partition coefficient (Wildman–Crippen LogP) is 2.44. The zero-order chi connectivity index (χ0) is 13.0. The van der Waals surface area contributed by atoms with Gasteiger partial charge in [0.1, 0.15) is 5.82 Å². The fourth-order valence-corrected chi connectivity index (χ4v) is 1.69. The average Bonchev–Trinajstić information content (AvgIpc) is 2.37. The normalized spacial score (nSPS) is 10.6. The van der Waals surface area contributed by atoms with Gasteiger partial charge in [-0.2, -0.15) is 4.98 Å². The first-order valence-corrected chi connectivity index (χ1v) is 6.04. The van der Waals surface area contributed by atoms with Crippen molar-refractivity contribution in [3.63, 3.8) is 0 Å². The van der Waals surface area contributed by atoms with Gasteiger partial charge >= 0.3 is 5.69 Å². The molecule has 0 saturated carbocycles. The minimum Gasteiger partial charge on any atom is -0.366 e. The van der Waals surface area contributed by atoms with Gasteiger partial charge in [0.2, 0.25) is 0 Å². The van der Waals surface area contributed by atoms with Crippen molar-refractivity contribution in [3.8, 4) is 0 Å². The summed E-state index contributed by atoms with van der Waals surface area (Å²) in [5, 5.41) is 3.14. The SMILES string of the molecule is CC(C)n1ccc(NCc2ccccc2)nc1=O. The average molecular weight is 243 g/mol. The second-order valence-electron chi connectivity index (χ2n) is 4.44. The number of anilines is 1. The van der Waals surface area contributed by atoms with Gasteiger partial charge in [0.05, 0.1) is 0 Å². The van der Waals surface area contributed by atoms with Crippen molar-refractivity contribution >= 4 is 5.82 Å². The first kappa shape index (κ1) is 12.4. The van der Waals surface area contributed by atoms with Crippen LogP contribution in [0, 0.1) is 0 Å². The van der Waals surface area contributed by atoms with Gasteiger partial charge in [-0.15, -0.1) is 0 Å². The van der Waals surface area contributed by atoms with E-state index in [2.05, 4.69) is 10.3 Å². The molecule has 4 nitrogen and oxygen atoms in total. The number of hydrogen-bond acceptors (Lipinski definition) is 3. The van der Waals surface area contributed by atoms with Crippen molar-refractivity contribution in [2.75, 3.05) is 5.32 Å². The summed E-state index contributed by atoms with van der Waals surface area (Å²) in [5.74, 6) is 0.612. The third kappa shape index (κ3) is 2.97. The molecule has 0 radical (unpaired) electrons. The Morgan fingerprint density at radius 3 is 2.56 bits per heavy atom. The molecule has 0 bridgehead atoms. The maximum absolute atomic E-state index is 11.7. The monoisotopic (exact) mass is 243 g/mol. The lowest BCUT2D eigenvalue weighted by Crippen LogP contribution is -2.24. The van der Waals surface area contributed by atoms with Crippen LogP contribution in [0.4, 0.5) is 5.82 Å². The van der Waals surface area contributed by atoms with E-state index in [-0.39, 0.29) is 11.7 Å². The second-order valence-corrected chi connectivity index (χ2v) is 4.44. The van der Waals surface area contributed by atoms with E-state index in [1.165, 1.54) is 0 Å². The Kier molecular flexibility index (Phi) is 3.77. The molecule has 0 amide bonds. The molecule has 2 aromatic rings. The molecule has 0 unspecified atom stereocenters.